The fourth-order valence-electron chi connectivity index (χ4n) is 3.67. The first kappa shape index (κ1) is 17.0. The molecule has 0 saturated carbocycles. The molecule has 0 aliphatic rings. The van der Waals surface area contributed by atoms with E-state index in [4.69, 9.17) is 4.84 Å². The van der Waals surface area contributed by atoms with Crippen LogP contribution < -0.4 is 10.2 Å². The predicted octanol–water partition coefficient (Wildman–Crippen LogP) is 6.80. The highest BCUT2D eigenvalue weighted by Crippen LogP contribution is 2.28. The lowest BCUT2D eigenvalue weighted by atomic mass is 10.1. The summed E-state index contributed by atoms with van der Waals surface area (Å²) in [5, 5.41) is 12.3. The fraction of sp³-hybridized carbons (Fsp3) is 0. The third-order valence-electron chi connectivity index (χ3n) is 4.91. The lowest BCUT2D eigenvalue weighted by Gasteiger charge is -2.00. The summed E-state index contributed by atoms with van der Waals surface area (Å²) in [4.78, 5) is 5.85. The Morgan fingerprint density at radius 3 is 1.50 bits per heavy atom. The Bertz CT molecular complexity index is 1330. The third-order valence-corrected chi connectivity index (χ3v) is 5.40. The van der Waals surface area contributed by atoms with E-state index < -0.39 is 0 Å². The molecule has 0 N–H and O–H groups in total. The van der Waals surface area contributed by atoms with E-state index in [1.807, 2.05) is 36.4 Å². The molecule has 0 unspecified atom stereocenters. The molecular weight excluding hydrogens is 410 g/mol. The Morgan fingerprint density at radius 2 is 1.00 bits per heavy atom. The maximum atomic E-state index is 5.85. The normalized spacial score (nSPS) is 11.0. The second kappa shape index (κ2) is 7.10. The quantitative estimate of drug-likeness (QED) is 0.285. The van der Waals surface area contributed by atoms with Crippen molar-refractivity contribution in [1.29, 1.82) is 0 Å². The maximum Gasteiger partial charge on any atom is 0.159 e. The maximum absolute atomic E-state index is 5.85. The standard InChI is InChI=1S/C25H16BrNO/c26-17-8-7-9-18(16-17)28-27-25-23-14-5-3-12-21(23)19-10-1-2-11-20(19)22-13-4-6-15-24(22)25/h1-16H. The molecule has 0 aliphatic heterocycles. The Balaban J connectivity index is 1.95. The second-order valence-corrected chi connectivity index (χ2v) is 7.54. The largest absolute Gasteiger partial charge is 0.356 e. The topological polar surface area (TPSA) is 21.6 Å². The van der Waals surface area contributed by atoms with Crippen LogP contribution in [-0.2, 0) is 0 Å². The van der Waals surface area contributed by atoms with Gasteiger partial charge >= 0.3 is 0 Å². The lowest BCUT2D eigenvalue weighted by molar-refractivity contribution is 0.327. The summed E-state index contributed by atoms with van der Waals surface area (Å²) in [6.07, 6.45) is 0. The van der Waals surface area contributed by atoms with Crippen molar-refractivity contribution in [2.45, 2.75) is 0 Å². The highest BCUT2D eigenvalue weighted by Gasteiger charge is 2.07. The molecule has 0 aliphatic carbocycles. The van der Waals surface area contributed by atoms with Gasteiger partial charge in [0, 0.05) is 15.2 Å². The van der Waals surface area contributed by atoms with Gasteiger partial charge in [-0.2, -0.15) is 0 Å². The first-order chi connectivity index (χ1) is 13.8. The molecule has 0 radical (unpaired) electrons. The molecule has 0 spiro atoms. The second-order valence-electron chi connectivity index (χ2n) is 6.63. The monoisotopic (exact) mass is 425 g/mol. The summed E-state index contributed by atoms with van der Waals surface area (Å²) in [5.74, 6) is 0.693. The third kappa shape index (κ3) is 2.94. The van der Waals surface area contributed by atoms with Crippen molar-refractivity contribution >= 4 is 48.2 Å². The fourth-order valence-corrected chi connectivity index (χ4v) is 4.05. The summed E-state index contributed by atoms with van der Waals surface area (Å²) < 4.78 is 0.958. The molecule has 0 saturated heterocycles. The minimum atomic E-state index is 0.693. The Morgan fingerprint density at radius 1 is 0.536 bits per heavy atom. The SMILES string of the molecule is Brc1cccc(ON=c2c3ccccc3c3ccccc3c3ccccc23)c1. The van der Waals surface area contributed by atoms with Gasteiger partial charge in [-0.3, -0.25) is 0 Å². The lowest BCUT2D eigenvalue weighted by Crippen LogP contribution is -2.05. The van der Waals surface area contributed by atoms with Crippen LogP contribution in [-0.4, -0.2) is 0 Å². The van der Waals surface area contributed by atoms with Crippen molar-refractivity contribution in [3.8, 4) is 5.75 Å². The number of benzene rings is 4. The molecule has 0 aromatic heterocycles. The van der Waals surface area contributed by atoms with E-state index >= 15 is 0 Å². The highest BCUT2D eigenvalue weighted by atomic mass is 79.9. The predicted molar refractivity (Wildman–Crippen MR) is 119 cm³/mol. The number of rotatable bonds is 2. The van der Waals surface area contributed by atoms with Crippen molar-refractivity contribution in [1.82, 2.24) is 0 Å². The van der Waals surface area contributed by atoms with Crippen LogP contribution in [0.3, 0.4) is 0 Å². The van der Waals surface area contributed by atoms with Gasteiger partial charge in [-0.25, -0.2) is 0 Å². The van der Waals surface area contributed by atoms with E-state index in [0.717, 1.165) is 31.4 Å². The minimum Gasteiger partial charge on any atom is -0.356 e. The van der Waals surface area contributed by atoms with Gasteiger partial charge in [0.1, 0.15) is 5.36 Å². The van der Waals surface area contributed by atoms with Crippen molar-refractivity contribution in [2.24, 2.45) is 5.16 Å². The van der Waals surface area contributed by atoms with Crippen molar-refractivity contribution in [2.75, 3.05) is 0 Å². The Hall–Kier alpha value is -3.17. The van der Waals surface area contributed by atoms with Gasteiger partial charge in [0.15, 0.2) is 5.75 Å². The number of fused-ring (bicyclic) bond motifs is 5. The van der Waals surface area contributed by atoms with Crippen LogP contribution >= 0.6 is 15.9 Å². The molecule has 0 amide bonds. The first-order valence-corrected chi connectivity index (χ1v) is 9.90. The van der Waals surface area contributed by atoms with Crippen LogP contribution in [0.1, 0.15) is 0 Å². The van der Waals surface area contributed by atoms with E-state index in [0.29, 0.717) is 5.75 Å². The van der Waals surface area contributed by atoms with Gasteiger partial charge in [-0.05, 0) is 39.7 Å². The molecule has 0 atom stereocenters. The van der Waals surface area contributed by atoms with Gasteiger partial charge in [0.2, 0.25) is 0 Å². The van der Waals surface area contributed by atoms with Crippen LogP contribution in [0.25, 0.3) is 32.3 Å². The van der Waals surface area contributed by atoms with Crippen molar-refractivity contribution in [3.05, 3.63) is 107 Å². The Kier molecular flexibility index (Phi) is 4.30. The van der Waals surface area contributed by atoms with Gasteiger partial charge in [0.05, 0.1) is 0 Å². The summed E-state index contributed by atoms with van der Waals surface area (Å²) in [6, 6.07) is 33.0. The summed E-state index contributed by atoms with van der Waals surface area (Å²) in [7, 11) is 0. The number of hydrogen-bond acceptors (Lipinski definition) is 2. The summed E-state index contributed by atoms with van der Waals surface area (Å²) >= 11 is 3.48. The van der Waals surface area contributed by atoms with E-state index in [2.05, 4.69) is 81.7 Å². The number of halogens is 1. The smallest absolute Gasteiger partial charge is 0.159 e. The number of hydrogen-bond donors (Lipinski definition) is 0. The van der Waals surface area contributed by atoms with Crippen LogP contribution in [0.2, 0.25) is 0 Å². The molecule has 0 heterocycles. The van der Waals surface area contributed by atoms with E-state index in [1.54, 1.807) is 0 Å². The zero-order valence-electron chi connectivity index (χ0n) is 15.0. The molecule has 5 rings (SSSR count). The van der Waals surface area contributed by atoms with Crippen LogP contribution in [0, 0.1) is 0 Å². The van der Waals surface area contributed by atoms with Crippen LogP contribution in [0.5, 0.6) is 5.75 Å². The molecule has 2 nitrogen and oxygen atoms in total. The molecule has 5 aromatic rings. The molecule has 3 heteroatoms. The van der Waals surface area contributed by atoms with Crippen LogP contribution in [0.4, 0.5) is 0 Å². The zero-order valence-corrected chi connectivity index (χ0v) is 16.6. The van der Waals surface area contributed by atoms with Crippen molar-refractivity contribution < 1.29 is 4.84 Å². The average molecular weight is 426 g/mol. The first-order valence-electron chi connectivity index (χ1n) is 9.10. The molecule has 0 bridgehead atoms. The molecule has 134 valence electrons. The van der Waals surface area contributed by atoms with Gasteiger partial charge < -0.3 is 4.84 Å². The average Bonchev–Trinajstić information content (AvgIpc) is 2.86. The van der Waals surface area contributed by atoms with E-state index in [9.17, 15) is 0 Å². The van der Waals surface area contributed by atoms with Gasteiger partial charge in [0.25, 0.3) is 0 Å². The van der Waals surface area contributed by atoms with E-state index in [-0.39, 0.29) is 0 Å². The molecule has 5 aromatic carbocycles. The summed E-state index contributed by atoms with van der Waals surface area (Å²) in [6.45, 7) is 0. The molecular formula is C25H16BrNO. The van der Waals surface area contributed by atoms with Crippen LogP contribution in [0.15, 0.2) is 107 Å². The van der Waals surface area contributed by atoms with Crippen molar-refractivity contribution in [3.63, 3.8) is 0 Å². The van der Waals surface area contributed by atoms with Gasteiger partial charge in [-0.1, -0.05) is 99.9 Å². The Labute approximate surface area is 170 Å². The summed E-state index contributed by atoms with van der Waals surface area (Å²) in [5.41, 5.74) is 0. The zero-order chi connectivity index (χ0) is 18.9. The number of nitrogens with zero attached hydrogens (tertiary/aromatic N) is 1. The minimum absolute atomic E-state index is 0.693. The molecule has 28 heavy (non-hydrogen) atoms. The van der Waals surface area contributed by atoms with Gasteiger partial charge in [-0.15, -0.1) is 0 Å². The molecule has 0 fully saturated rings. The van der Waals surface area contributed by atoms with E-state index in [1.165, 1.54) is 10.8 Å². The highest BCUT2D eigenvalue weighted by molar-refractivity contribution is 9.10.